The molecule has 0 aromatic carbocycles. The third kappa shape index (κ3) is 10.8. The standard InChI is InChI=1S/C6H11Cl3OSi/c1-6(2)5-10-3-4-11(7,8)9/h1,3-5H2,2H3. The summed E-state index contributed by atoms with van der Waals surface area (Å²) >= 11 is 16.8. The van der Waals surface area contributed by atoms with Crippen LogP contribution in [-0.4, -0.2) is 19.2 Å². The fourth-order valence-corrected chi connectivity index (χ4v) is 1.50. The molecule has 0 aliphatic heterocycles. The molecule has 0 bridgehead atoms. The van der Waals surface area contributed by atoms with E-state index < -0.39 is 6.00 Å². The highest BCUT2D eigenvalue weighted by Gasteiger charge is 2.23. The van der Waals surface area contributed by atoms with Crippen LogP contribution in [0.2, 0.25) is 6.04 Å². The number of ether oxygens (including phenoxy) is 1. The molecule has 0 N–H and O–H groups in total. The van der Waals surface area contributed by atoms with Gasteiger partial charge in [0, 0.05) is 12.7 Å². The Morgan fingerprint density at radius 2 is 2.00 bits per heavy atom. The van der Waals surface area contributed by atoms with Crippen molar-refractivity contribution in [2.45, 2.75) is 13.0 Å². The van der Waals surface area contributed by atoms with Crippen LogP contribution >= 0.6 is 33.2 Å². The van der Waals surface area contributed by atoms with Crippen molar-refractivity contribution < 1.29 is 4.74 Å². The Kier molecular flexibility index (Phi) is 5.82. The molecule has 0 aliphatic rings. The predicted octanol–water partition coefficient (Wildman–Crippen LogP) is 3.23. The van der Waals surface area contributed by atoms with E-state index in [-0.39, 0.29) is 0 Å². The third-order valence-electron chi connectivity index (χ3n) is 0.878. The van der Waals surface area contributed by atoms with Gasteiger partial charge in [0.15, 0.2) is 0 Å². The van der Waals surface area contributed by atoms with Crippen LogP contribution < -0.4 is 0 Å². The van der Waals surface area contributed by atoms with E-state index in [1.54, 1.807) is 0 Å². The Bertz CT molecular complexity index is 132. The van der Waals surface area contributed by atoms with Gasteiger partial charge in [0.2, 0.25) is 0 Å². The van der Waals surface area contributed by atoms with Crippen LogP contribution in [0.4, 0.5) is 0 Å². The summed E-state index contributed by atoms with van der Waals surface area (Å²) in [7, 11) is 0. The summed E-state index contributed by atoms with van der Waals surface area (Å²) < 4.78 is 5.15. The highest BCUT2D eigenvalue weighted by Crippen LogP contribution is 2.24. The minimum absolute atomic E-state index is 0.510. The first-order valence-corrected chi connectivity index (χ1v) is 8.45. The van der Waals surface area contributed by atoms with Crippen molar-refractivity contribution in [3.63, 3.8) is 0 Å². The lowest BCUT2D eigenvalue weighted by molar-refractivity contribution is 0.171. The van der Waals surface area contributed by atoms with E-state index in [0.717, 1.165) is 5.57 Å². The molecular weight excluding hydrogens is 223 g/mol. The molecule has 0 rings (SSSR count). The smallest absolute Gasteiger partial charge is 0.343 e. The van der Waals surface area contributed by atoms with Crippen LogP contribution in [0.5, 0.6) is 0 Å². The third-order valence-corrected chi connectivity index (χ3v) is 3.35. The van der Waals surface area contributed by atoms with E-state index in [2.05, 4.69) is 6.58 Å². The average Bonchev–Trinajstić information content (AvgIpc) is 1.78. The fraction of sp³-hybridized carbons (Fsp3) is 0.667. The molecule has 1 nitrogen and oxygen atoms in total. The summed E-state index contributed by atoms with van der Waals surface area (Å²) in [6.45, 7) is 6.63. The van der Waals surface area contributed by atoms with Gasteiger partial charge in [-0.15, -0.1) is 33.2 Å². The van der Waals surface area contributed by atoms with Gasteiger partial charge in [-0.2, -0.15) is 0 Å². The average molecular weight is 234 g/mol. The first-order valence-electron chi connectivity index (χ1n) is 3.20. The minimum atomic E-state index is -2.47. The van der Waals surface area contributed by atoms with Crippen molar-refractivity contribution in [1.29, 1.82) is 0 Å². The molecule has 0 saturated carbocycles. The molecule has 66 valence electrons. The van der Waals surface area contributed by atoms with Gasteiger partial charge in [-0.1, -0.05) is 12.2 Å². The minimum Gasteiger partial charge on any atom is -0.377 e. The molecule has 0 heterocycles. The van der Waals surface area contributed by atoms with Crippen molar-refractivity contribution in [1.82, 2.24) is 0 Å². The van der Waals surface area contributed by atoms with Crippen LogP contribution in [0.3, 0.4) is 0 Å². The van der Waals surface area contributed by atoms with Gasteiger partial charge < -0.3 is 4.74 Å². The van der Waals surface area contributed by atoms with E-state index in [4.69, 9.17) is 38.0 Å². The number of hydrogen-bond donors (Lipinski definition) is 0. The van der Waals surface area contributed by atoms with Crippen molar-refractivity contribution in [3.8, 4) is 0 Å². The lowest BCUT2D eigenvalue weighted by Crippen LogP contribution is -2.13. The molecule has 0 aromatic rings. The summed E-state index contributed by atoms with van der Waals surface area (Å²) in [6.07, 6.45) is 0. The van der Waals surface area contributed by atoms with Gasteiger partial charge in [-0.25, -0.2) is 0 Å². The first kappa shape index (κ1) is 11.8. The maximum Gasteiger partial charge on any atom is 0.343 e. The molecule has 0 unspecified atom stereocenters. The Labute approximate surface area is 82.4 Å². The summed E-state index contributed by atoms with van der Waals surface area (Å²) in [4.78, 5) is 0. The monoisotopic (exact) mass is 232 g/mol. The Balaban J connectivity index is 3.22. The van der Waals surface area contributed by atoms with Crippen molar-refractivity contribution >= 4 is 39.2 Å². The molecule has 0 saturated heterocycles. The van der Waals surface area contributed by atoms with E-state index >= 15 is 0 Å². The Morgan fingerprint density at radius 3 is 2.36 bits per heavy atom. The highest BCUT2D eigenvalue weighted by atomic mass is 35.8. The predicted molar refractivity (Wildman–Crippen MR) is 53.8 cm³/mol. The molecule has 0 atom stereocenters. The Morgan fingerprint density at radius 1 is 1.45 bits per heavy atom. The van der Waals surface area contributed by atoms with E-state index in [9.17, 15) is 0 Å². The fourth-order valence-electron chi connectivity index (χ4n) is 0.434. The summed E-state index contributed by atoms with van der Waals surface area (Å²) in [6, 6.07) is -1.92. The van der Waals surface area contributed by atoms with Crippen molar-refractivity contribution in [2.75, 3.05) is 13.2 Å². The Hall–Kier alpha value is 0.787. The molecular formula is C6H11Cl3OSi. The van der Waals surface area contributed by atoms with Gasteiger partial charge in [0.25, 0.3) is 0 Å². The summed E-state index contributed by atoms with van der Waals surface area (Å²) in [5.41, 5.74) is 0.982. The quantitative estimate of drug-likeness (QED) is 0.307. The number of rotatable bonds is 5. The molecule has 5 heteroatoms. The maximum atomic E-state index is 5.62. The number of hydrogen-bond acceptors (Lipinski definition) is 1. The molecule has 0 amide bonds. The van der Waals surface area contributed by atoms with Crippen LogP contribution in [0, 0.1) is 0 Å². The SMILES string of the molecule is C=C(C)COCC[Si](Cl)(Cl)Cl. The van der Waals surface area contributed by atoms with Gasteiger partial charge in [0.05, 0.1) is 6.61 Å². The van der Waals surface area contributed by atoms with E-state index in [0.29, 0.717) is 19.3 Å². The zero-order valence-corrected chi connectivity index (χ0v) is 9.64. The molecule has 0 aromatic heterocycles. The maximum absolute atomic E-state index is 5.62. The molecule has 0 fully saturated rings. The molecule has 0 aliphatic carbocycles. The van der Waals surface area contributed by atoms with Crippen LogP contribution in [-0.2, 0) is 4.74 Å². The van der Waals surface area contributed by atoms with E-state index in [1.165, 1.54) is 0 Å². The lowest BCUT2D eigenvalue weighted by Gasteiger charge is -2.07. The second-order valence-corrected chi connectivity index (χ2v) is 11.7. The zero-order valence-electron chi connectivity index (χ0n) is 6.37. The van der Waals surface area contributed by atoms with Gasteiger partial charge in [-0.05, 0) is 6.92 Å². The number of halogens is 3. The zero-order chi connectivity index (χ0) is 8.91. The molecule has 0 radical (unpaired) electrons. The van der Waals surface area contributed by atoms with Gasteiger partial charge in [0.1, 0.15) is 0 Å². The summed E-state index contributed by atoms with van der Waals surface area (Å²) in [5.74, 6) is 0. The summed E-state index contributed by atoms with van der Waals surface area (Å²) in [5, 5.41) is 0. The largest absolute Gasteiger partial charge is 0.377 e. The molecule has 0 spiro atoms. The highest BCUT2D eigenvalue weighted by molar-refractivity contribution is 7.64. The second-order valence-electron chi connectivity index (χ2n) is 2.37. The van der Waals surface area contributed by atoms with Crippen molar-refractivity contribution in [3.05, 3.63) is 12.2 Å². The topological polar surface area (TPSA) is 9.23 Å². The van der Waals surface area contributed by atoms with Crippen LogP contribution in [0.1, 0.15) is 6.92 Å². The van der Waals surface area contributed by atoms with E-state index in [1.807, 2.05) is 6.92 Å². The van der Waals surface area contributed by atoms with Crippen LogP contribution in [0.15, 0.2) is 12.2 Å². The normalized spacial score (nSPS) is 11.6. The van der Waals surface area contributed by atoms with Gasteiger partial charge >= 0.3 is 6.00 Å². The van der Waals surface area contributed by atoms with Gasteiger partial charge in [-0.3, -0.25) is 0 Å². The first-order chi connectivity index (χ1) is 4.92. The molecule has 11 heavy (non-hydrogen) atoms. The second kappa shape index (κ2) is 5.44. The van der Waals surface area contributed by atoms with Crippen molar-refractivity contribution in [2.24, 2.45) is 0 Å². The van der Waals surface area contributed by atoms with Crippen LogP contribution in [0.25, 0.3) is 0 Å². The lowest BCUT2D eigenvalue weighted by atomic mass is 10.4.